The molecule has 6 nitrogen and oxygen atoms in total. The Morgan fingerprint density at radius 3 is 2.53 bits per heavy atom. The van der Waals surface area contributed by atoms with Gasteiger partial charge in [0.25, 0.3) is 0 Å². The minimum Gasteiger partial charge on any atom is -0.352 e. The average Bonchev–Trinajstić information content (AvgIpc) is 3.48. The number of fused-ring (bicyclic) bond motifs is 1. The maximum atomic E-state index is 13.1. The number of aromatic nitrogens is 4. The smallest absolute Gasteiger partial charge is 0.352 e. The average molecular weight is 494 g/mol. The molecule has 0 aliphatic carbocycles. The molecule has 1 fully saturated rings. The van der Waals surface area contributed by atoms with Crippen molar-refractivity contribution in [1.82, 2.24) is 19.5 Å². The van der Waals surface area contributed by atoms with Crippen LogP contribution in [0.5, 0.6) is 0 Å². The fraction of sp³-hybridized carbons (Fsp3) is 0.333. The molecule has 186 valence electrons. The monoisotopic (exact) mass is 493 g/mol. The predicted octanol–water partition coefficient (Wildman–Crippen LogP) is 6.06. The summed E-state index contributed by atoms with van der Waals surface area (Å²) < 4.78 is 41.3. The second-order valence-electron chi connectivity index (χ2n) is 9.18. The number of carbonyl (C=O) groups is 1. The topological polar surface area (TPSA) is 63.9 Å². The van der Waals surface area contributed by atoms with Crippen molar-refractivity contribution >= 4 is 23.3 Å². The Morgan fingerprint density at radius 2 is 1.86 bits per heavy atom. The van der Waals surface area contributed by atoms with Crippen LogP contribution in [-0.2, 0) is 12.7 Å². The van der Waals surface area contributed by atoms with Crippen LogP contribution >= 0.6 is 0 Å². The van der Waals surface area contributed by atoms with Crippen molar-refractivity contribution in [1.29, 1.82) is 0 Å². The summed E-state index contributed by atoms with van der Waals surface area (Å²) >= 11 is 0. The Balaban J connectivity index is 1.73. The number of hydrogen-bond donors (Lipinski definition) is 0. The van der Waals surface area contributed by atoms with Gasteiger partial charge in [-0.15, -0.1) is 0 Å². The van der Waals surface area contributed by atoms with E-state index in [1.54, 1.807) is 0 Å². The molecule has 1 saturated heterocycles. The molecule has 0 amide bonds. The predicted molar refractivity (Wildman–Crippen MR) is 132 cm³/mol. The van der Waals surface area contributed by atoms with E-state index in [2.05, 4.69) is 21.8 Å². The Morgan fingerprint density at radius 1 is 1.08 bits per heavy atom. The van der Waals surface area contributed by atoms with E-state index in [9.17, 15) is 18.0 Å². The summed E-state index contributed by atoms with van der Waals surface area (Å²) in [6.07, 6.45) is -0.806. The first-order valence-electron chi connectivity index (χ1n) is 12.0. The third-order valence-corrected chi connectivity index (χ3v) is 6.73. The quantitative estimate of drug-likeness (QED) is 0.306. The standard InChI is InChI=1S/C27H26F3N5O/c1-3-21-8-5-13-34(21)26-23-24(31-22(16-36)32-26)33-25(19-7-4-6-17(2)14-19)35(23)15-18-9-11-20(12-10-18)27(28,29)30/h4,6-7,9-12,14,16,21H,3,5,8,13,15H2,1-2H3. The summed E-state index contributed by atoms with van der Waals surface area (Å²) in [6.45, 7) is 5.19. The number of carbonyl (C=O) groups excluding carboxylic acids is 1. The van der Waals surface area contributed by atoms with Gasteiger partial charge in [-0.3, -0.25) is 4.79 Å². The molecule has 1 aliphatic heterocycles. The van der Waals surface area contributed by atoms with Crippen molar-refractivity contribution < 1.29 is 18.0 Å². The van der Waals surface area contributed by atoms with Gasteiger partial charge in [-0.1, -0.05) is 42.8 Å². The van der Waals surface area contributed by atoms with Crippen molar-refractivity contribution in [3.05, 3.63) is 71.0 Å². The van der Waals surface area contributed by atoms with Crippen LogP contribution in [0, 0.1) is 6.92 Å². The van der Waals surface area contributed by atoms with Crippen molar-refractivity contribution in [3.8, 4) is 11.4 Å². The lowest BCUT2D eigenvalue weighted by Crippen LogP contribution is -2.30. The molecule has 0 saturated carbocycles. The van der Waals surface area contributed by atoms with E-state index in [-0.39, 0.29) is 18.4 Å². The molecule has 0 radical (unpaired) electrons. The summed E-state index contributed by atoms with van der Waals surface area (Å²) in [5.41, 5.74) is 2.97. The van der Waals surface area contributed by atoms with E-state index in [4.69, 9.17) is 4.98 Å². The second-order valence-corrected chi connectivity index (χ2v) is 9.18. The van der Waals surface area contributed by atoms with Crippen molar-refractivity contribution in [2.45, 2.75) is 51.9 Å². The van der Waals surface area contributed by atoms with Gasteiger partial charge in [0.1, 0.15) is 11.3 Å². The van der Waals surface area contributed by atoms with Crippen LogP contribution in [0.25, 0.3) is 22.6 Å². The number of halogens is 3. The second kappa shape index (κ2) is 9.37. The lowest BCUT2D eigenvalue weighted by Gasteiger charge is -2.26. The summed E-state index contributed by atoms with van der Waals surface area (Å²) in [5, 5.41) is 0. The molecular weight excluding hydrogens is 467 g/mol. The normalized spacial score (nSPS) is 16.1. The number of alkyl halides is 3. The highest BCUT2D eigenvalue weighted by Gasteiger charge is 2.31. The van der Waals surface area contributed by atoms with Gasteiger partial charge in [0, 0.05) is 24.7 Å². The van der Waals surface area contributed by atoms with Gasteiger partial charge in [-0.05, 0) is 49.9 Å². The Bertz CT molecular complexity index is 1410. The Kier molecular flexibility index (Phi) is 6.24. The van der Waals surface area contributed by atoms with E-state index in [0.717, 1.165) is 49.1 Å². The molecule has 1 unspecified atom stereocenters. The van der Waals surface area contributed by atoms with Gasteiger partial charge in [0.2, 0.25) is 0 Å². The molecule has 3 heterocycles. The van der Waals surface area contributed by atoms with Crippen LogP contribution in [0.1, 0.15) is 53.5 Å². The largest absolute Gasteiger partial charge is 0.416 e. The zero-order chi connectivity index (χ0) is 25.4. The van der Waals surface area contributed by atoms with E-state index >= 15 is 0 Å². The SMILES string of the molecule is CCC1CCCN1c1nc(C=O)nc2nc(-c3cccc(C)c3)n(Cc3ccc(C(F)(F)F)cc3)c12. The minimum absolute atomic E-state index is 0.0641. The fourth-order valence-electron chi connectivity index (χ4n) is 4.97. The molecule has 2 aromatic heterocycles. The molecular formula is C27H26F3N5O. The van der Waals surface area contributed by atoms with Crippen LogP contribution in [0.15, 0.2) is 48.5 Å². The number of imidazole rings is 1. The van der Waals surface area contributed by atoms with Gasteiger partial charge < -0.3 is 9.47 Å². The third-order valence-electron chi connectivity index (χ3n) is 6.73. The zero-order valence-corrected chi connectivity index (χ0v) is 20.1. The van der Waals surface area contributed by atoms with Crippen LogP contribution in [0.2, 0.25) is 0 Å². The fourth-order valence-corrected chi connectivity index (χ4v) is 4.97. The first-order chi connectivity index (χ1) is 17.3. The highest BCUT2D eigenvalue weighted by atomic mass is 19.4. The van der Waals surface area contributed by atoms with Gasteiger partial charge in [-0.25, -0.2) is 15.0 Å². The highest BCUT2D eigenvalue weighted by molar-refractivity contribution is 5.90. The van der Waals surface area contributed by atoms with Crippen molar-refractivity contribution in [2.24, 2.45) is 0 Å². The number of anilines is 1. The summed E-state index contributed by atoms with van der Waals surface area (Å²) in [7, 11) is 0. The van der Waals surface area contributed by atoms with E-state index < -0.39 is 11.7 Å². The number of aldehydes is 1. The minimum atomic E-state index is -4.40. The number of rotatable bonds is 6. The highest BCUT2D eigenvalue weighted by Crippen LogP contribution is 2.35. The number of aryl methyl sites for hydroxylation is 1. The third kappa shape index (κ3) is 4.45. The number of nitrogens with zero attached hydrogens (tertiary/aromatic N) is 5. The van der Waals surface area contributed by atoms with E-state index in [1.807, 2.05) is 35.8 Å². The van der Waals surface area contributed by atoms with Crippen LogP contribution in [0.4, 0.5) is 19.0 Å². The van der Waals surface area contributed by atoms with Crippen LogP contribution in [0.3, 0.4) is 0 Å². The lowest BCUT2D eigenvalue weighted by molar-refractivity contribution is -0.137. The Hall–Kier alpha value is -3.75. The van der Waals surface area contributed by atoms with Gasteiger partial charge in [-0.2, -0.15) is 13.2 Å². The van der Waals surface area contributed by atoms with E-state index in [0.29, 0.717) is 34.7 Å². The van der Waals surface area contributed by atoms with Crippen molar-refractivity contribution in [3.63, 3.8) is 0 Å². The molecule has 0 bridgehead atoms. The molecule has 0 spiro atoms. The Labute approximate surface area is 206 Å². The van der Waals surface area contributed by atoms with E-state index in [1.165, 1.54) is 12.1 Å². The van der Waals surface area contributed by atoms with Gasteiger partial charge in [0.15, 0.2) is 23.6 Å². The first kappa shape index (κ1) is 24.0. The van der Waals surface area contributed by atoms with Crippen LogP contribution < -0.4 is 4.90 Å². The molecule has 1 atom stereocenters. The maximum Gasteiger partial charge on any atom is 0.416 e. The number of benzene rings is 2. The van der Waals surface area contributed by atoms with Gasteiger partial charge >= 0.3 is 6.18 Å². The number of hydrogen-bond acceptors (Lipinski definition) is 5. The molecule has 1 aliphatic rings. The van der Waals surface area contributed by atoms with Crippen LogP contribution in [-0.4, -0.2) is 38.4 Å². The summed E-state index contributed by atoms with van der Waals surface area (Å²) in [5.74, 6) is 1.33. The van der Waals surface area contributed by atoms with Gasteiger partial charge in [0.05, 0.1) is 5.56 Å². The molecule has 2 aromatic carbocycles. The molecule has 4 aromatic rings. The molecule has 0 N–H and O–H groups in total. The molecule has 5 rings (SSSR count). The maximum absolute atomic E-state index is 13.1. The summed E-state index contributed by atoms with van der Waals surface area (Å²) in [6, 6.07) is 13.3. The molecule has 36 heavy (non-hydrogen) atoms. The van der Waals surface area contributed by atoms with Crippen molar-refractivity contribution in [2.75, 3.05) is 11.4 Å². The summed E-state index contributed by atoms with van der Waals surface area (Å²) in [4.78, 5) is 27.8. The lowest BCUT2D eigenvalue weighted by atomic mass is 10.1. The zero-order valence-electron chi connectivity index (χ0n) is 20.1. The first-order valence-corrected chi connectivity index (χ1v) is 12.0. The molecule has 9 heteroatoms.